The van der Waals surface area contributed by atoms with Gasteiger partial charge >= 0.3 is 5.97 Å². The van der Waals surface area contributed by atoms with Gasteiger partial charge in [-0.25, -0.2) is 0 Å². The lowest BCUT2D eigenvalue weighted by Gasteiger charge is -2.60. The van der Waals surface area contributed by atoms with Gasteiger partial charge < -0.3 is 14.4 Å². The molecule has 1 amide bonds. The third-order valence-electron chi connectivity index (χ3n) is 10.5. The van der Waals surface area contributed by atoms with E-state index in [1.165, 1.54) is 23.6 Å². The Bertz CT molecular complexity index is 1370. The molecule has 2 aliphatic heterocycles. The summed E-state index contributed by atoms with van der Waals surface area (Å²) in [5.41, 5.74) is 3.51. The van der Waals surface area contributed by atoms with Crippen LogP contribution in [0.3, 0.4) is 0 Å². The Morgan fingerprint density at radius 3 is 2.56 bits per heavy atom. The summed E-state index contributed by atoms with van der Waals surface area (Å²) in [4.78, 5) is 42.7. The summed E-state index contributed by atoms with van der Waals surface area (Å²) >= 11 is 0. The summed E-state index contributed by atoms with van der Waals surface area (Å²) < 4.78 is 12.6. The average molecular weight is 587 g/mol. The molecule has 0 radical (unpaired) electrons. The molecular formula is C36H46N2O5. The zero-order valence-electron chi connectivity index (χ0n) is 26.1. The summed E-state index contributed by atoms with van der Waals surface area (Å²) in [6.45, 7) is 8.63. The Morgan fingerprint density at radius 2 is 1.84 bits per heavy atom. The highest BCUT2D eigenvalue weighted by Gasteiger charge is 2.66. The minimum atomic E-state index is -0.364. The number of likely N-dealkylation sites (tertiary alicyclic amines) is 1. The van der Waals surface area contributed by atoms with Crippen LogP contribution < -0.4 is 9.47 Å². The quantitative estimate of drug-likeness (QED) is 0.193. The highest BCUT2D eigenvalue weighted by Crippen LogP contribution is 2.64. The topological polar surface area (TPSA) is 76.2 Å². The van der Waals surface area contributed by atoms with E-state index in [1.807, 2.05) is 12.1 Å². The number of carbonyl (C=O) groups is 3. The van der Waals surface area contributed by atoms with Crippen molar-refractivity contribution in [1.82, 2.24) is 9.80 Å². The SMILES string of the molecule is CC(=O)CN1CC[C@]23c4c5ccc(OC(C)=O)c4O[C@H]2[C@H](N(C(=O)CCCCCc2ccccc2)C(C)C)CC[C@H]3[C@H]1C5. The monoisotopic (exact) mass is 586 g/mol. The predicted molar refractivity (Wildman–Crippen MR) is 165 cm³/mol. The number of hydrogen-bond acceptors (Lipinski definition) is 6. The molecule has 1 saturated heterocycles. The Labute approximate surface area is 255 Å². The van der Waals surface area contributed by atoms with Gasteiger partial charge in [0.25, 0.3) is 0 Å². The third kappa shape index (κ3) is 5.39. The number of hydrogen-bond donors (Lipinski definition) is 0. The van der Waals surface area contributed by atoms with Crippen molar-refractivity contribution in [3.8, 4) is 11.5 Å². The number of Topliss-reactive ketones (excluding diaryl/α,β-unsaturated/α-hetero) is 1. The molecule has 1 spiro atoms. The molecule has 7 nitrogen and oxygen atoms in total. The van der Waals surface area contributed by atoms with Gasteiger partial charge in [0, 0.05) is 36.4 Å². The van der Waals surface area contributed by atoms with Gasteiger partial charge in [0.1, 0.15) is 11.9 Å². The maximum atomic E-state index is 14.0. The van der Waals surface area contributed by atoms with Gasteiger partial charge in [-0.1, -0.05) is 42.8 Å². The Hall–Kier alpha value is -3.19. The lowest BCUT2D eigenvalue weighted by Crippen LogP contribution is -2.70. The molecule has 7 heteroatoms. The molecule has 0 unspecified atom stereocenters. The highest BCUT2D eigenvalue weighted by atomic mass is 16.6. The van der Waals surface area contributed by atoms with E-state index < -0.39 is 0 Å². The third-order valence-corrected chi connectivity index (χ3v) is 10.5. The molecule has 2 aliphatic carbocycles. The van der Waals surface area contributed by atoms with Gasteiger partial charge in [-0.2, -0.15) is 0 Å². The number of rotatable bonds is 11. The van der Waals surface area contributed by atoms with E-state index in [1.54, 1.807) is 6.92 Å². The second kappa shape index (κ2) is 12.1. The number of benzene rings is 2. The lowest BCUT2D eigenvalue weighted by molar-refractivity contribution is -0.146. The molecule has 230 valence electrons. The van der Waals surface area contributed by atoms with Crippen molar-refractivity contribution in [2.45, 2.75) is 115 Å². The van der Waals surface area contributed by atoms with E-state index >= 15 is 0 Å². The van der Waals surface area contributed by atoms with E-state index in [9.17, 15) is 14.4 Å². The van der Waals surface area contributed by atoms with Crippen LogP contribution in [-0.4, -0.2) is 64.8 Å². The lowest BCUT2D eigenvalue weighted by atomic mass is 9.51. The molecule has 43 heavy (non-hydrogen) atoms. The molecule has 2 fully saturated rings. The first kappa shape index (κ1) is 29.9. The van der Waals surface area contributed by atoms with Crippen LogP contribution in [0.15, 0.2) is 42.5 Å². The highest BCUT2D eigenvalue weighted by molar-refractivity contribution is 5.78. The molecule has 2 aromatic carbocycles. The van der Waals surface area contributed by atoms with Gasteiger partial charge in [-0.05, 0) is 95.4 Å². The van der Waals surface area contributed by atoms with Gasteiger partial charge in [-0.15, -0.1) is 0 Å². The number of aryl methyl sites for hydroxylation is 1. The largest absolute Gasteiger partial charge is 0.483 e. The summed E-state index contributed by atoms with van der Waals surface area (Å²) in [5, 5.41) is 0. The first-order valence-corrected chi connectivity index (χ1v) is 16.3. The molecule has 5 atom stereocenters. The van der Waals surface area contributed by atoms with Crippen LogP contribution in [0.4, 0.5) is 0 Å². The number of carbonyl (C=O) groups excluding carboxylic acids is 3. The molecule has 2 aromatic rings. The Balaban J connectivity index is 1.26. The van der Waals surface area contributed by atoms with Crippen molar-refractivity contribution in [2.75, 3.05) is 13.1 Å². The molecule has 2 heterocycles. The molecule has 1 saturated carbocycles. The van der Waals surface area contributed by atoms with E-state index in [4.69, 9.17) is 9.47 Å². The van der Waals surface area contributed by atoms with E-state index in [0.717, 1.165) is 57.9 Å². The molecule has 6 rings (SSSR count). The number of esters is 1. The van der Waals surface area contributed by atoms with E-state index in [-0.39, 0.29) is 47.3 Å². The van der Waals surface area contributed by atoms with Crippen LogP contribution in [0, 0.1) is 5.92 Å². The normalized spacial score (nSPS) is 26.9. The molecule has 0 aromatic heterocycles. The number of ketones is 1. The van der Waals surface area contributed by atoms with Crippen LogP contribution in [0.1, 0.15) is 89.3 Å². The summed E-state index contributed by atoms with van der Waals surface area (Å²) in [7, 11) is 0. The minimum Gasteiger partial charge on any atom is -0.483 e. The fraction of sp³-hybridized carbons (Fsp3) is 0.583. The predicted octanol–water partition coefficient (Wildman–Crippen LogP) is 5.65. The zero-order valence-corrected chi connectivity index (χ0v) is 26.1. The van der Waals surface area contributed by atoms with Crippen LogP contribution in [0.5, 0.6) is 11.5 Å². The minimum absolute atomic E-state index is 0.0479. The van der Waals surface area contributed by atoms with Crippen molar-refractivity contribution < 1.29 is 23.9 Å². The fourth-order valence-electron chi connectivity index (χ4n) is 9.00. The molecular weight excluding hydrogens is 540 g/mol. The van der Waals surface area contributed by atoms with E-state index in [0.29, 0.717) is 30.4 Å². The summed E-state index contributed by atoms with van der Waals surface area (Å²) in [6.07, 6.45) is 7.93. The molecule has 4 aliphatic rings. The number of ether oxygens (including phenoxy) is 2. The maximum absolute atomic E-state index is 14.0. The molecule has 2 bridgehead atoms. The summed E-state index contributed by atoms with van der Waals surface area (Å²) in [5.74, 6) is 1.54. The fourth-order valence-corrected chi connectivity index (χ4v) is 9.00. The second-order valence-electron chi connectivity index (χ2n) is 13.5. The van der Waals surface area contributed by atoms with Crippen molar-refractivity contribution in [2.24, 2.45) is 5.92 Å². The average Bonchev–Trinajstić information content (AvgIpc) is 3.31. The van der Waals surface area contributed by atoms with Gasteiger partial charge in [0.15, 0.2) is 11.5 Å². The van der Waals surface area contributed by atoms with Gasteiger partial charge in [0.2, 0.25) is 5.91 Å². The first-order chi connectivity index (χ1) is 20.7. The first-order valence-electron chi connectivity index (χ1n) is 16.3. The maximum Gasteiger partial charge on any atom is 0.308 e. The van der Waals surface area contributed by atoms with Crippen LogP contribution in [0.2, 0.25) is 0 Å². The van der Waals surface area contributed by atoms with Crippen molar-refractivity contribution >= 4 is 17.7 Å². The van der Waals surface area contributed by atoms with Crippen molar-refractivity contribution in [3.63, 3.8) is 0 Å². The van der Waals surface area contributed by atoms with Crippen LogP contribution in [0.25, 0.3) is 0 Å². The smallest absolute Gasteiger partial charge is 0.308 e. The number of piperidine rings is 1. The number of nitrogens with zero attached hydrogens (tertiary/aromatic N) is 2. The number of unbranched alkanes of at least 4 members (excludes halogenated alkanes) is 2. The molecule has 0 N–H and O–H groups in total. The second-order valence-corrected chi connectivity index (χ2v) is 13.5. The van der Waals surface area contributed by atoms with Crippen LogP contribution in [-0.2, 0) is 32.6 Å². The number of amides is 1. The van der Waals surface area contributed by atoms with Gasteiger partial charge in [0.05, 0.1) is 12.6 Å². The standard InChI is InChI=1S/C36H46N2O5/c1-23(2)38(32(41)14-10-6-9-13-26-11-7-5-8-12-26)29-17-16-28-30-21-27-15-18-31(42-25(4)40)34-33(27)36(28,35(29)43-34)19-20-37(30)22-24(3)39/h5,7-8,11-12,15,18,23,28-30,35H,6,9-10,13-14,16-17,19-22H2,1-4H3/t28-,29+,30+,35-,36-/m0/s1. The summed E-state index contributed by atoms with van der Waals surface area (Å²) in [6, 6.07) is 14.7. The Morgan fingerprint density at radius 1 is 1.05 bits per heavy atom. The Kier molecular flexibility index (Phi) is 8.38. The van der Waals surface area contributed by atoms with Crippen molar-refractivity contribution in [3.05, 3.63) is 59.2 Å². The zero-order chi connectivity index (χ0) is 30.3. The van der Waals surface area contributed by atoms with E-state index in [2.05, 4.69) is 54.0 Å². The van der Waals surface area contributed by atoms with Crippen molar-refractivity contribution in [1.29, 1.82) is 0 Å². The van der Waals surface area contributed by atoms with Crippen LogP contribution >= 0.6 is 0 Å². The van der Waals surface area contributed by atoms with Gasteiger partial charge in [-0.3, -0.25) is 19.3 Å².